The van der Waals surface area contributed by atoms with E-state index >= 15 is 0 Å². The lowest BCUT2D eigenvalue weighted by molar-refractivity contribution is -0.141. The van der Waals surface area contributed by atoms with Crippen LogP contribution >= 0.6 is 11.6 Å². The number of hydrogen-bond donors (Lipinski definition) is 2. The summed E-state index contributed by atoms with van der Waals surface area (Å²) in [6.07, 6.45) is -2.29. The molecule has 1 saturated carbocycles. The molecule has 2 atom stereocenters. The van der Waals surface area contributed by atoms with Crippen molar-refractivity contribution in [1.29, 1.82) is 0 Å². The van der Waals surface area contributed by atoms with Gasteiger partial charge in [0.1, 0.15) is 28.4 Å². The molecule has 1 aliphatic heterocycles. The average Bonchev–Trinajstić information content (AvgIpc) is 3.61. The monoisotopic (exact) mass is 488 g/mol. The molecule has 1 saturated heterocycles. The number of hydrogen-bond acceptors (Lipinski definition) is 3. The highest BCUT2D eigenvalue weighted by molar-refractivity contribution is 6.31. The summed E-state index contributed by atoms with van der Waals surface area (Å²) in [6, 6.07) is 0.908. The van der Waals surface area contributed by atoms with Crippen molar-refractivity contribution in [2.45, 2.75) is 31.1 Å². The van der Waals surface area contributed by atoms with Crippen LogP contribution in [0.15, 0.2) is 30.5 Å². The van der Waals surface area contributed by atoms with E-state index in [0.29, 0.717) is 6.07 Å². The Morgan fingerprint density at radius 1 is 1.21 bits per heavy atom. The number of urea groups is 1. The molecule has 1 aromatic carbocycles. The third-order valence-electron chi connectivity index (χ3n) is 5.64. The molecule has 176 valence electrons. The standard InChI is InChI=1S/C21H18ClF5N4O2/c22-15-13(23)5-4-12(16(15)24)17(11-3-6-14(29-9-11)21(25,26)27)30-20(33)31-8-7-28-19(32)18(31)10-1-2-10/h3-6,9-10,17-18H,1-2,7-8H2,(H,28,32)(H,30,33)/t17-,18+/m1/s1. The zero-order valence-electron chi connectivity index (χ0n) is 16.9. The number of benzene rings is 1. The molecule has 12 heteroatoms. The molecule has 0 unspecified atom stereocenters. The maximum Gasteiger partial charge on any atom is 0.433 e. The summed E-state index contributed by atoms with van der Waals surface area (Å²) in [6.45, 7) is 0.419. The van der Waals surface area contributed by atoms with Crippen LogP contribution in [0.25, 0.3) is 0 Å². The van der Waals surface area contributed by atoms with Crippen LogP contribution in [0, 0.1) is 17.6 Å². The fraction of sp³-hybridized carbons (Fsp3) is 0.381. The minimum Gasteiger partial charge on any atom is -0.353 e. The predicted molar refractivity (Wildman–Crippen MR) is 107 cm³/mol. The van der Waals surface area contributed by atoms with E-state index in [2.05, 4.69) is 15.6 Å². The number of aromatic nitrogens is 1. The Hall–Kier alpha value is -2.95. The number of alkyl halides is 3. The molecule has 1 aromatic heterocycles. The van der Waals surface area contributed by atoms with Crippen molar-refractivity contribution in [3.05, 3.63) is 63.9 Å². The third kappa shape index (κ3) is 4.73. The molecule has 1 aliphatic carbocycles. The van der Waals surface area contributed by atoms with Crippen molar-refractivity contribution in [3.63, 3.8) is 0 Å². The maximum atomic E-state index is 14.8. The van der Waals surface area contributed by atoms with Crippen molar-refractivity contribution in [2.24, 2.45) is 5.92 Å². The molecule has 2 heterocycles. The molecule has 3 amide bonds. The van der Waals surface area contributed by atoms with Gasteiger partial charge >= 0.3 is 12.2 Å². The first-order chi connectivity index (χ1) is 15.6. The highest BCUT2D eigenvalue weighted by Gasteiger charge is 2.44. The van der Waals surface area contributed by atoms with Gasteiger partial charge in [-0.05, 0) is 36.5 Å². The van der Waals surface area contributed by atoms with E-state index in [4.69, 9.17) is 11.6 Å². The zero-order valence-corrected chi connectivity index (χ0v) is 17.7. The van der Waals surface area contributed by atoms with E-state index in [1.165, 1.54) is 4.90 Å². The summed E-state index contributed by atoms with van der Waals surface area (Å²) in [4.78, 5) is 30.1. The van der Waals surface area contributed by atoms with E-state index in [1.807, 2.05) is 0 Å². The third-order valence-corrected chi connectivity index (χ3v) is 5.99. The van der Waals surface area contributed by atoms with Crippen molar-refractivity contribution in [1.82, 2.24) is 20.5 Å². The molecular formula is C21H18ClF5N4O2. The molecule has 4 rings (SSSR count). The quantitative estimate of drug-likeness (QED) is 0.504. The number of pyridine rings is 1. The lowest BCUT2D eigenvalue weighted by Gasteiger charge is -2.36. The number of carbonyl (C=O) groups is 2. The second-order valence-corrected chi connectivity index (χ2v) is 8.27. The predicted octanol–water partition coefficient (Wildman–Crippen LogP) is 4.04. The Kier molecular flexibility index (Phi) is 6.17. The Bertz CT molecular complexity index is 1080. The first kappa shape index (κ1) is 23.2. The number of amides is 3. The number of nitrogens with zero attached hydrogens (tertiary/aromatic N) is 2. The smallest absolute Gasteiger partial charge is 0.353 e. The van der Waals surface area contributed by atoms with Crippen LogP contribution in [0.4, 0.5) is 26.7 Å². The van der Waals surface area contributed by atoms with E-state index in [9.17, 15) is 31.5 Å². The molecule has 2 fully saturated rings. The van der Waals surface area contributed by atoms with Gasteiger partial charge in [-0.25, -0.2) is 13.6 Å². The highest BCUT2D eigenvalue weighted by atomic mass is 35.5. The molecule has 33 heavy (non-hydrogen) atoms. The number of carbonyl (C=O) groups excluding carboxylic acids is 2. The Labute approximate surface area is 190 Å². The zero-order chi connectivity index (χ0) is 23.9. The van der Waals surface area contributed by atoms with E-state index in [1.54, 1.807) is 0 Å². The van der Waals surface area contributed by atoms with Gasteiger partial charge < -0.3 is 15.5 Å². The van der Waals surface area contributed by atoms with Crippen LogP contribution in [0.3, 0.4) is 0 Å². The van der Waals surface area contributed by atoms with Crippen LogP contribution < -0.4 is 10.6 Å². The molecule has 6 nitrogen and oxygen atoms in total. The summed E-state index contributed by atoms with van der Waals surface area (Å²) in [7, 11) is 0. The molecular weight excluding hydrogens is 471 g/mol. The number of halogens is 6. The number of piperazine rings is 1. The van der Waals surface area contributed by atoms with Gasteiger partial charge in [0.05, 0.1) is 6.04 Å². The SMILES string of the molecule is O=C1NCCN(C(=O)N[C@H](c2ccc(C(F)(F)F)nc2)c2ccc(F)c(Cl)c2F)[C@H]1C1CC1. The van der Waals surface area contributed by atoms with Crippen molar-refractivity contribution >= 4 is 23.5 Å². The summed E-state index contributed by atoms with van der Waals surface area (Å²) >= 11 is 5.69. The summed E-state index contributed by atoms with van der Waals surface area (Å²) < 4.78 is 67.3. The van der Waals surface area contributed by atoms with Gasteiger partial charge in [-0.3, -0.25) is 9.78 Å². The van der Waals surface area contributed by atoms with Crippen LogP contribution in [-0.2, 0) is 11.0 Å². The molecule has 0 spiro atoms. The van der Waals surface area contributed by atoms with Gasteiger partial charge in [0.25, 0.3) is 0 Å². The second-order valence-electron chi connectivity index (χ2n) is 7.89. The molecule has 2 N–H and O–H groups in total. The van der Waals surface area contributed by atoms with Crippen molar-refractivity contribution in [3.8, 4) is 0 Å². The summed E-state index contributed by atoms with van der Waals surface area (Å²) in [5.74, 6) is -2.51. The number of rotatable bonds is 4. The Morgan fingerprint density at radius 2 is 1.94 bits per heavy atom. The van der Waals surface area contributed by atoms with Crippen molar-refractivity contribution in [2.75, 3.05) is 13.1 Å². The van der Waals surface area contributed by atoms with Gasteiger partial charge in [-0.1, -0.05) is 23.7 Å². The Morgan fingerprint density at radius 3 is 2.55 bits per heavy atom. The molecule has 0 radical (unpaired) electrons. The van der Waals surface area contributed by atoms with Crippen LogP contribution in [0.2, 0.25) is 5.02 Å². The fourth-order valence-corrected chi connectivity index (χ4v) is 4.02. The van der Waals surface area contributed by atoms with Gasteiger partial charge in [0.2, 0.25) is 5.91 Å². The van der Waals surface area contributed by atoms with Gasteiger partial charge in [-0.15, -0.1) is 0 Å². The van der Waals surface area contributed by atoms with E-state index < -0.39 is 46.6 Å². The normalized spacial score (nSPS) is 19.8. The Balaban J connectivity index is 1.69. The fourth-order valence-electron chi connectivity index (χ4n) is 3.85. The lowest BCUT2D eigenvalue weighted by Crippen LogP contribution is -2.60. The van der Waals surface area contributed by atoms with Gasteiger partial charge in [-0.2, -0.15) is 13.2 Å². The van der Waals surface area contributed by atoms with Gasteiger partial charge in [0, 0.05) is 24.8 Å². The maximum absolute atomic E-state index is 14.8. The lowest BCUT2D eigenvalue weighted by atomic mass is 9.99. The van der Waals surface area contributed by atoms with E-state index in [-0.39, 0.29) is 36.0 Å². The summed E-state index contributed by atoms with van der Waals surface area (Å²) in [5, 5.41) is 4.45. The highest BCUT2D eigenvalue weighted by Crippen LogP contribution is 2.37. The first-order valence-corrected chi connectivity index (χ1v) is 10.5. The number of nitrogens with one attached hydrogen (secondary N) is 2. The average molecular weight is 489 g/mol. The largest absolute Gasteiger partial charge is 0.433 e. The minimum absolute atomic E-state index is 0.000706. The molecule has 0 bridgehead atoms. The van der Waals surface area contributed by atoms with Crippen LogP contribution in [0.5, 0.6) is 0 Å². The minimum atomic E-state index is -4.69. The van der Waals surface area contributed by atoms with Crippen molar-refractivity contribution < 1.29 is 31.5 Å². The molecule has 2 aliphatic rings. The van der Waals surface area contributed by atoms with E-state index in [0.717, 1.165) is 37.2 Å². The van der Waals surface area contributed by atoms with Gasteiger partial charge in [0.15, 0.2) is 0 Å². The van der Waals surface area contributed by atoms with Crippen LogP contribution in [-0.4, -0.2) is 41.0 Å². The first-order valence-electron chi connectivity index (χ1n) is 10.1. The topological polar surface area (TPSA) is 74.3 Å². The van der Waals surface area contributed by atoms with Crippen LogP contribution in [0.1, 0.15) is 35.7 Å². The second kappa shape index (κ2) is 8.77. The molecule has 2 aromatic rings. The summed E-state index contributed by atoms with van der Waals surface area (Å²) in [5.41, 5.74) is -1.42.